The molecule has 5 atom stereocenters. The van der Waals surface area contributed by atoms with Crippen LogP contribution in [0.1, 0.15) is 38.5 Å². The molecule has 3 aliphatic heterocycles. The summed E-state index contributed by atoms with van der Waals surface area (Å²) in [7, 11) is 2.81. The molecule has 2 spiro atoms. The summed E-state index contributed by atoms with van der Waals surface area (Å²) in [6.45, 7) is 0. The molecule has 1 saturated carbocycles. The number of rotatable bonds is 2. The molecule has 0 aromatic heterocycles. The van der Waals surface area contributed by atoms with Crippen LogP contribution in [-0.2, 0) is 23.8 Å². The Morgan fingerprint density at radius 2 is 1.74 bits per heavy atom. The lowest BCUT2D eigenvalue weighted by Crippen LogP contribution is -2.56. The number of carbonyl (C=O) groups excluding carboxylic acids is 2. The third-order valence-electron chi connectivity index (χ3n) is 7.39. The molecule has 27 heavy (non-hydrogen) atoms. The van der Waals surface area contributed by atoms with Gasteiger partial charge in [0.2, 0.25) is 0 Å². The second kappa shape index (κ2) is 6.42. The molecule has 0 aromatic rings. The van der Waals surface area contributed by atoms with Gasteiger partial charge < -0.3 is 14.2 Å². The summed E-state index contributed by atoms with van der Waals surface area (Å²) in [5.74, 6) is 1.32. The van der Waals surface area contributed by atoms with Crippen LogP contribution in [0.4, 0.5) is 0 Å². The zero-order chi connectivity index (χ0) is 18.8. The molecule has 0 radical (unpaired) electrons. The maximum atomic E-state index is 12.6. The maximum Gasteiger partial charge on any atom is 0.309 e. The number of thioether (sulfide) groups is 2. The molecule has 3 fully saturated rings. The predicted molar refractivity (Wildman–Crippen MR) is 104 cm³/mol. The van der Waals surface area contributed by atoms with Gasteiger partial charge in [0.15, 0.2) is 0 Å². The zero-order valence-corrected chi connectivity index (χ0v) is 17.5. The molecule has 148 valence electrons. The fourth-order valence-corrected chi connectivity index (χ4v) is 10.3. The van der Waals surface area contributed by atoms with Crippen molar-refractivity contribution in [2.75, 3.05) is 25.7 Å². The first-order valence-corrected chi connectivity index (χ1v) is 11.9. The highest BCUT2D eigenvalue weighted by atomic mass is 32.2. The summed E-state index contributed by atoms with van der Waals surface area (Å²) < 4.78 is 16.9. The summed E-state index contributed by atoms with van der Waals surface area (Å²) in [6, 6.07) is 0. The summed E-state index contributed by atoms with van der Waals surface area (Å²) >= 11 is 4.05. The highest BCUT2D eigenvalue weighted by Crippen LogP contribution is 2.71. The summed E-state index contributed by atoms with van der Waals surface area (Å²) in [5, 5.41) is 0. The van der Waals surface area contributed by atoms with Gasteiger partial charge in [0.05, 0.1) is 37.8 Å². The predicted octanol–water partition coefficient (Wildman–Crippen LogP) is 3.17. The summed E-state index contributed by atoms with van der Waals surface area (Å²) in [6.07, 6.45) is 5.94. The number of methoxy groups -OCH3 is 2. The average molecular weight is 411 g/mol. The van der Waals surface area contributed by atoms with Crippen LogP contribution in [-0.4, -0.2) is 53.4 Å². The number of hydrogen-bond donors (Lipinski definition) is 0. The topological polar surface area (TPSA) is 61.8 Å². The SMILES string of the molecule is COC(=O)[C@H]1CC2=C(C[C@H]1C(=O)OC)C1(SCCS1)[C@]13CCC[C@H]1C[C@H]2O3. The third kappa shape index (κ3) is 2.31. The molecule has 2 aliphatic carbocycles. The fraction of sp³-hybridized carbons (Fsp3) is 0.800. The third-order valence-corrected chi connectivity index (χ3v) is 11.2. The van der Waals surface area contributed by atoms with E-state index in [2.05, 4.69) is 0 Å². The van der Waals surface area contributed by atoms with E-state index >= 15 is 0 Å². The fourth-order valence-electron chi connectivity index (χ4n) is 6.35. The van der Waals surface area contributed by atoms with Crippen molar-refractivity contribution in [2.45, 2.75) is 54.3 Å². The molecule has 0 amide bonds. The van der Waals surface area contributed by atoms with Crippen LogP contribution in [0.15, 0.2) is 11.1 Å². The Morgan fingerprint density at radius 3 is 2.41 bits per heavy atom. The van der Waals surface area contributed by atoms with E-state index in [-0.39, 0.29) is 27.7 Å². The van der Waals surface area contributed by atoms with Crippen LogP contribution in [0.2, 0.25) is 0 Å². The lowest BCUT2D eigenvalue weighted by molar-refractivity contribution is -0.158. The Morgan fingerprint density at radius 1 is 1.07 bits per heavy atom. The monoisotopic (exact) mass is 410 g/mol. The zero-order valence-electron chi connectivity index (χ0n) is 15.8. The van der Waals surface area contributed by atoms with Gasteiger partial charge in [0.1, 0.15) is 4.08 Å². The van der Waals surface area contributed by atoms with Gasteiger partial charge >= 0.3 is 11.9 Å². The molecule has 7 heteroatoms. The van der Waals surface area contributed by atoms with Crippen molar-refractivity contribution in [2.24, 2.45) is 17.8 Å². The summed E-state index contributed by atoms with van der Waals surface area (Å²) in [4.78, 5) is 25.1. The first kappa shape index (κ1) is 18.4. The van der Waals surface area contributed by atoms with E-state index in [0.717, 1.165) is 24.3 Å². The Bertz CT molecular complexity index is 713. The number of ether oxygens (including phenoxy) is 3. The Hall–Kier alpha value is -0.660. The van der Waals surface area contributed by atoms with Crippen molar-refractivity contribution < 1.29 is 23.8 Å². The Labute approximate surface area is 168 Å². The number of carbonyl (C=O) groups is 2. The summed E-state index contributed by atoms with van der Waals surface area (Å²) in [5.41, 5.74) is 2.60. The molecule has 0 N–H and O–H groups in total. The molecule has 2 saturated heterocycles. The van der Waals surface area contributed by atoms with Gasteiger partial charge in [-0.2, -0.15) is 0 Å². The molecule has 5 rings (SSSR count). The minimum absolute atomic E-state index is 0.0795. The number of fused-ring (bicyclic) bond motifs is 3. The van der Waals surface area contributed by atoms with Crippen molar-refractivity contribution in [3.05, 3.63) is 11.1 Å². The van der Waals surface area contributed by atoms with Crippen LogP contribution >= 0.6 is 23.5 Å². The van der Waals surface area contributed by atoms with Crippen LogP contribution in [0.25, 0.3) is 0 Å². The van der Waals surface area contributed by atoms with E-state index in [1.54, 1.807) is 0 Å². The van der Waals surface area contributed by atoms with E-state index in [1.165, 1.54) is 38.2 Å². The Kier molecular flexibility index (Phi) is 4.37. The molecule has 3 heterocycles. The molecule has 5 aliphatic rings. The van der Waals surface area contributed by atoms with Crippen molar-refractivity contribution in [1.29, 1.82) is 0 Å². The number of hydrogen-bond acceptors (Lipinski definition) is 7. The smallest absolute Gasteiger partial charge is 0.309 e. The standard InChI is InChI=1S/C20H26O5S2/c1-23-17(21)12-9-14-15(10-13(12)18(22)24-2)20(26-6-7-27-20)19-5-3-4-11(19)8-16(14)25-19/h11-13,16H,3-10H2,1-2H3/t11-,12-,13+,16+,19-/m0/s1. The van der Waals surface area contributed by atoms with E-state index in [9.17, 15) is 9.59 Å². The van der Waals surface area contributed by atoms with E-state index in [4.69, 9.17) is 14.2 Å². The van der Waals surface area contributed by atoms with Gasteiger partial charge in [-0.25, -0.2) is 0 Å². The van der Waals surface area contributed by atoms with Crippen molar-refractivity contribution in [3.8, 4) is 0 Å². The highest BCUT2D eigenvalue weighted by Gasteiger charge is 2.70. The minimum atomic E-state index is -0.465. The first-order chi connectivity index (χ1) is 13.1. The van der Waals surface area contributed by atoms with Gasteiger partial charge in [0.25, 0.3) is 0 Å². The largest absolute Gasteiger partial charge is 0.469 e. The van der Waals surface area contributed by atoms with Crippen LogP contribution in [0.3, 0.4) is 0 Å². The van der Waals surface area contributed by atoms with E-state index < -0.39 is 11.8 Å². The van der Waals surface area contributed by atoms with Gasteiger partial charge in [-0.05, 0) is 49.2 Å². The second-order valence-corrected chi connectivity index (χ2v) is 11.2. The van der Waals surface area contributed by atoms with Crippen LogP contribution in [0, 0.1) is 17.8 Å². The molecular weight excluding hydrogens is 384 g/mol. The second-order valence-electron chi connectivity index (χ2n) is 8.31. The van der Waals surface area contributed by atoms with Gasteiger partial charge in [-0.3, -0.25) is 9.59 Å². The quantitative estimate of drug-likeness (QED) is 0.512. The van der Waals surface area contributed by atoms with Crippen molar-refractivity contribution >= 4 is 35.5 Å². The normalized spacial score (nSPS) is 41.4. The lowest BCUT2D eigenvalue weighted by atomic mass is 9.71. The van der Waals surface area contributed by atoms with Gasteiger partial charge in [-0.1, -0.05) is 6.42 Å². The van der Waals surface area contributed by atoms with Crippen LogP contribution in [0.5, 0.6) is 0 Å². The van der Waals surface area contributed by atoms with Gasteiger partial charge in [0, 0.05) is 11.5 Å². The Balaban J connectivity index is 1.62. The van der Waals surface area contributed by atoms with E-state index in [0.29, 0.717) is 18.8 Å². The van der Waals surface area contributed by atoms with E-state index in [1.807, 2.05) is 23.5 Å². The van der Waals surface area contributed by atoms with Crippen LogP contribution < -0.4 is 0 Å². The molecule has 0 unspecified atom stereocenters. The molecule has 5 nitrogen and oxygen atoms in total. The number of esters is 2. The van der Waals surface area contributed by atoms with Gasteiger partial charge in [-0.15, -0.1) is 23.5 Å². The first-order valence-electron chi connectivity index (χ1n) is 9.90. The van der Waals surface area contributed by atoms with Crippen molar-refractivity contribution in [3.63, 3.8) is 0 Å². The van der Waals surface area contributed by atoms with Crippen molar-refractivity contribution in [1.82, 2.24) is 0 Å². The lowest BCUT2D eigenvalue weighted by Gasteiger charge is -2.52. The molecule has 0 aromatic carbocycles. The maximum absolute atomic E-state index is 12.6. The molecular formula is C20H26O5S2. The minimum Gasteiger partial charge on any atom is -0.469 e. The molecule has 2 bridgehead atoms. The average Bonchev–Trinajstić information content (AvgIpc) is 3.38. The highest BCUT2D eigenvalue weighted by molar-refractivity contribution is 8.21.